The van der Waals surface area contributed by atoms with E-state index in [0.717, 1.165) is 25.9 Å². The van der Waals surface area contributed by atoms with Crippen LogP contribution in [0, 0.1) is 5.92 Å². The Hall–Kier alpha value is -0.683. The third-order valence-electron chi connectivity index (χ3n) is 4.08. The second kappa shape index (κ2) is 10.3. The highest BCUT2D eigenvalue weighted by atomic mass is 28.3. The molecule has 138 valence electrons. The minimum Gasteiger partial charge on any atom is -0.396 e. The highest BCUT2D eigenvalue weighted by molar-refractivity contribution is 6.48. The largest absolute Gasteiger partial charge is 0.396 e. The molecule has 3 nitrogen and oxygen atoms in total. The van der Waals surface area contributed by atoms with Crippen molar-refractivity contribution in [2.45, 2.75) is 78.4 Å². The van der Waals surface area contributed by atoms with Crippen molar-refractivity contribution in [2.75, 3.05) is 6.61 Å². The fourth-order valence-electron chi connectivity index (χ4n) is 2.68. The van der Waals surface area contributed by atoms with Gasteiger partial charge in [-0.05, 0) is 54.8 Å². The molecule has 0 aliphatic carbocycles. The number of aliphatic hydroxyl groups excluding tert-OH is 1. The summed E-state index contributed by atoms with van der Waals surface area (Å²) in [5, 5.41) is 9.81. The molecule has 0 saturated carbocycles. The molecule has 0 heterocycles. The molecule has 0 fully saturated rings. The highest BCUT2D eigenvalue weighted by Gasteiger charge is 2.14. The summed E-state index contributed by atoms with van der Waals surface area (Å²) in [5.74, 6) is 0.459. The van der Waals surface area contributed by atoms with Crippen molar-refractivity contribution < 1.29 is 14.3 Å². The Bertz CT molecular complexity index is 468. The van der Waals surface area contributed by atoms with E-state index in [-0.39, 0.29) is 5.41 Å². The predicted molar refractivity (Wildman–Crippen MR) is 104 cm³/mol. The van der Waals surface area contributed by atoms with Crippen LogP contribution >= 0.6 is 0 Å². The molecular formula is C20H36O3Si. The average Bonchev–Trinajstić information content (AvgIpc) is 2.45. The zero-order valence-electron chi connectivity index (χ0n) is 16.3. The quantitative estimate of drug-likeness (QED) is 0.379. The van der Waals surface area contributed by atoms with E-state index in [4.69, 9.17) is 9.16 Å². The Morgan fingerprint density at radius 3 is 2.54 bits per heavy atom. The molecule has 0 aliphatic rings. The highest BCUT2D eigenvalue weighted by Crippen LogP contribution is 2.23. The molecule has 0 saturated heterocycles. The third kappa shape index (κ3) is 8.97. The molecule has 1 rings (SSSR count). The zero-order chi connectivity index (χ0) is 18.2. The molecule has 0 aliphatic heterocycles. The summed E-state index contributed by atoms with van der Waals surface area (Å²) in [6, 6.07) is 8.66. The summed E-state index contributed by atoms with van der Waals surface area (Å²) in [5.41, 5.74) is 2.76. The van der Waals surface area contributed by atoms with Crippen LogP contribution in [0.3, 0.4) is 0 Å². The van der Waals surface area contributed by atoms with Gasteiger partial charge in [-0.15, -0.1) is 0 Å². The van der Waals surface area contributed by atoms with Gasteiger partial charge in [0.25, 0.3) is 0 Å². The molecule has 2 atom stereocenters. The van der Waals surface area contributed by atoms with E-state index in [2.05, 4.69) is 65.1 Å². The normalized spacial score (nSPS) is 14.8. The Balaban J connectivity index is 2.22. The smallest absolute Gasteiger partial charge is 0.174 e. The van der Waals surface area contributed by atoms with Crippen LogP contribution in [0.2, 0.25) is 13.1 Å². The predicted octanol–water partition coefficient (Wildman–Crippen LogP) is 4.63. The van der Waals surface area contributed by atoms with E-state index < -0.39 is 15.3 Å². The van der Waals surface area contributed by atoms with Gasteiger partial charge < -0.3 is 14.3 Å². The third-order valence-corrected chi connectivity index (χ3v) is 4.94. The molecule has 0 spiro atoms. The number of ether oxygens (including phenoxy) is 1. The van der Waals surface area contributed by atoms with Crippen molar-refractivity contribution in [3.8, 4) is 0 Å². The molecular weight excluding hydrogens is 316 g/mol. The van der Waals surface area contributed by atoms with Gasteiger partial charge in [0.1, 0.15) is 6.29 Å². The van der Waals surface area contributed by atoms with E-state index in [1.54, 1.807) is 0 Å². The maximum Gasteiger partial charge on any atom is 0.174 e. The monoisotopic (exact) mass is 352 g/mol. The van der Waals surface area contributed by atoms with Crippen LogP contribution < -0.4 is 0 Å². The lowest BCUT2D eigenvalue weighted by atomic mass is 9.86. The standard InChI is InChI=1S/C20H36O3Si/c1-16(13-19(21)23-24(5)6)9-8-12-22-15-17-10-7-11-18(14-17)20(2,3)4/h7,10-11,14,16,19,21,24H,8-9,12-13,15H2,1-6H3/t16-,19?/m1/s1. The number of rotatable bonds is 10. The molecule has 24 heavy (non-hydrogen) atoms. The van der Waals surface area contributed by atoms with Crippen molar-refractivity contribution in [1.82, 2.24) is 0 Å². The average molecular weight is 353 g/mol. The van der Waals surface area contributed by atoms with Crippen molar-refractivity contribution in [3.63, 3.8) is 0 Å². The van der Waals surface area contributed by atoms with Crippen molar-refractivity contribution in [1.29, 1.82) is 0 Å². The molecule has 0 radical (unpaired) electrons. The van der Waals surface area contributed by atoms with E-state index in [1.165, 1.54) is 11.1 Å². The Morgan fingerprint density at radius 2 is 1.92 bits per heavy atom. The molecule has 0 bridgehead atoms. The van der Waals surface area contributed by atoms with Crippen LogP contribution in [0.25, 0.3) is 0 Å². The SMILES string of the molecule is C[C@H](CCCOCc1cccc(C(C)(C)C)c1)CC(O)O[SiH](C)C. The van der Waals surface area contributed by atoms with Gasteiger partial charge in [0, 0.05) is 6.61 Å². The second-order valence-corrected chi connectivity index (χ2v) is 10.5. The maximum absolute atomic E-state index is 9.81. The summed E-state index contributed by atoms with van der Waals surface area (Å²) in [7, 11) is -1.15. The molecule has 4 heteroatoms. The first-order valence-electron chi connectivity index (χ1n) is 9.19. The molecule has 1 unspecified atom stereocenters. The van der Waals surface area contributed by atoms with Crippen LogP contribution in [-0.4, -0.2) is 27.0 Å². The van der Waals surface area contributed by atoms with Gasteiger partial charge in [-0.25, -0.2) is 0 Å². The lowest BCUT2D eigenvalue weighted by Gasteiger charge is -2.20. The van der Waals surface area contributed by atoms with Crippen LogP contribution in [0.4, 0.5) is 0 Å². The summed E-state index contributed by atoms with van der Waals surface area (Å²) in [6.45, 7) is 14.5. The lowest BCUT2D eigenvalue weighted by Crippen LogP contribution is -2.22. The first-order valence-corrected chi connectivity index (χ1v) is 12.0. The van der Waals surface area contributed by atoms with E-state index in [9.17, 15) is 5.11 Å². The summed E-state index contributed by atoms with van der Waals surface area (Å²) in [4.78, 5) is 0. The Kier molecular flexibility index (Phi) is 9.20. The van der Waals surface area contributed by atoms with Crippen molar-refractivity contribution in [3.05, 3.63) is 35.4 Å². The van der Waals surface area contributed by atoms with Gasteiger partial charge >= 0.3 is 0 Å². The number of aliphatic hydroxyl groups is 1. The number of hydrogen-bond acceptors (Lipinski definition) is 3. The summed E-state index contributed by atoms with van der Waals surface area (Å²) < 4.78 is 11.3. The molecule has 0 amide bonds. The maximum atomic E-state index is 9.81. The molecule has 0 aromatic heterocycles. The van der Waals surface area contributed by atoms with E-state index in [0.29, 0.717) is 12.5 Å². The topological polar surface area (TPSA) is 38.7 Å². The molecule has 1 aromatic rings. The van der Waals surface area contributed by atoms with Gasteiger partial charge in [0.15, 0.2) is 9.04 Å². The van der Waals surface area contributed by atoms with E-state index in [1.807, 2.05) is 0 Å². The lowest BCUT2D eigenvalue weighted by molar-refractivity contribution is -0.0360. The van der Waals surface area contributed by atoms with Crippen LogP contribution in [-0.2, 0) is 21.2 Å². The summed E-state index contributed by atoms with van der Waals surface area (Å²) in [6.07, 6.45) is 2.21. The van der Waals surface area contributed by atoms with Crippen molar-refractivity contribution in [2.24, 2.45) is 5.92 Å². The first-order chi connectivity index (χ1) is 11.2. The van der Waals surface area contributed by atoms with Crippen molar-refractivity contribution >= 4 is 9.04 Å². The number of hydrogen-bond donors (Lipinski definition) is 1. The second-order valence-electron chi connectivity index (χ2n) is 8.13. The summed E-state index contributed by atoms with van der Waals surface area (Å²) >= 11 is 0. The van der Waals surface area contributed by atoms with Crippen LogP contribution in [0.15, 0.2) is 24.3 Å². The minimum atomic E-state index is -1.15. The molecule has 1 N–H and O–H groups in total. The van der Waals surface area contributed by atoms with Gasteiger partial charge in [-0.1, -0.05) is 52.0 Å². The van der Waals surface area contributed by atoms with Gasteiger partial charge in [-0.3, -0.25) is 0 Å². The first kappa shape index (κ1) is 21.4. The Labute approximate surface area is 150 Å². The fourth-order valence-corrected chi connectivity index (χ4v) is 3.42. The number of benzene rings is 1. The van der Waals surface area contributed by atoms with Gasteiger partial charge in [0.2, 0.25) is 0 Å². The van der Waals surface area contributed by atoms with Crippen LogP contribution in [0.5, 0.6) is 0 Å². The fraction of sp³-hybridized carbons (Fsp3) is 0.700. The minimum absolute atomic E-state index is 0.174. The zero-order valence-corrected chi connectivity index (χ0v) is 17.5. The molecule has 1 aromatic carbocycles. The van der Waals surface area contributed by atoms with Crippen LogP contribution in [0.1, 0.15) is 58.1 Å². The van der Waals surface area contributed by atoms with Gasteiger partial charge in [-0.2, -0.15) is 0 Å². The Morgan fingerprint density at radius 1 is 1.21 bits per heavy atom. The van der Waals surface area contributed by atoms with E-state index >= 15 is 0 Å². The van der Waals surface area contributed by atoms with Gasteiger partial charge in [0.05, 0.1) is 6.61 Å².